The first kappa shape index (κ1) is 15.5. The Bertz CT molecular complexity index is 514. The highest BCUT2D eigenvalue weighted by Gasteiger charge is 1.96. The predicted molar refractivity (Wildman–Crippen MR) is 85.4 cm³/mol. The van der Waals surface area contributed by atoms with Gasteiger partial charge < -0.3 is 14.8 Å². The van der Waals surface area contributed by atoms with E-state index in [0.29, 0.717) is 6.61 Å². The molecule has 2 rings (SSSR count). The third-order valence-corrected chi connectivity index (χ3v) is 3.22. The van der Waals surface area contributed by atoms with Gasteiger partial charge in [0, 0.05) is 13.2 Å². The van der Waals surface area contributed by atoms with Gasteiger partial charge in [-0.1, -0.05) is 42.5 Å². The second-order valence-electron chi connectivity index (χ2n) is 4.92. The average molecular weight is 285 g/mol. The number of rotatable bonds is 9. The van der Waals surface area contributed by atoms with E-state index in [2.05, 4.69) is 35.6 Å². The van der Waals surface area contributed by atoms with Crippen LogP contribution in [-0.4, -0.2) is 20.3 Å². The van der Waals surface area contributed by atoms with E-state index in [1.165, 1.54) is 5.56 Å². The largest absolute Gasteiger partial charge is 0.497 e. The minimum Gasteiger partial charge on any atom is -0.497 e. The van der Waals surface area contributed by atoms with Crippen molar-refractivity contribution in [3.8, 4) is 5.75 Å². The van der Waals surface area contributed by atoms with Crippen LogP contribution < -0.4 is 10.1 Å². The van der Waals surface area contributed by atoms with Gasteiger partial charge in [-0.15, -0.1) is 0 Å². The molecule has 0 heterocycles. The van der Waals surface area contributed by atoms with Gasteiger partial charge in [-0.2, -0.15) is 0 Å². The van der Waals surface area contributed by atoms with Gasteiger partial charge in [0.15, 0.2) is 0 Å². The van der Waals surface area contributed by atoms with Gasteiger partial charge in [0.2, 0.25) is 0 Å². The molecule has 2 aromatic carbocycles. The lowest BCUT2D eigenvalue weighted by Crippen LogP contribution is -2.16. The topological polar surface area (TPSA) is 30.5 Å². The molecule has 0 atom stereocenters. The molecule has 0 aliphatic carbocycles. The van der Waals surface area contributed by atoms with Crippen LogP contribution in [0.2, 0.25) is 0 Å². The average Bonchev–Trinajstić information content (AvgIpc) is 2.55. The van der Waals surface area contributed by atoms with Crippen molar-refractivity contribution >= 4 is 0 Å². The van der Waals surface area contributed by atoms with E-state index in [9.17, 15) is 0 Å². The van der Waals surface area contributed by atoms with Crippen LogP contribution in [0, 0.1) is 0 Å². The molecule has 0 aliphatic rings. The SMILES string of the molecule is COc1cccc(COCCCNCc2ccccc2)c1. The number of hydrogen-bond acceptors (Lipinski definition) is 3. The van der Waals surface area contributed by atoms with E-state index >= 15 is 0 Å². The van der Waals surface area contributed by atoms with E-state index in [-0.39, 0.29) is 0 Å². The molecule has 3 heteroatoms. The van der Waals surface area contributed by atoms with Crippen LogP contribution in [0.1, 0.15) is 17.5 Å². The molecule has 0 unspecified atom stereocenters. The minimum absolute atomic E-state index is 0.635. The third-order valence-electron chi connectivity index (χ3n) is 3.22. The van der Waals surface area contributed by atoms with Gasteiger partial charge in [-0.25, -0.2) is 0 Å². The highest BCUT2D eigenvalue weighted by atomic mass is 16.5. The number of methoxy groups -OCH3 is 1. The van der Waals surface area contributed by atoms with E-state index < -0.39 is 0 Å². The number of nitrogens with one attached hydrogen (secondary N) is 1. The smallest absolute Gasteiger partial charge is 0.119 e. The van der Waals surface area contributed by atoms with Gasteiger partial charge in [0.25, 0.3) is 0 Å². The molecular weight excluding hydrogens is 262 g/mol. The first-order chi connectivity index (χ1) is 10.4. The molecule has 0 bridgehead atoms. The van der Waals surface area contributed by atoms with E-state index in [0.717, 1.165) is 37.4 Å². The Kier molecular flexibility index (Phi) is 6.78. The summed E-state index contributed by atoms with van der Waals surface area (Å²) in [6, 6.07) is 18.4. The predicted octanol–water partition coefficient (Wildman–Crippen LogP) is 3.39. The van der Waals surface area contributed by atoms with Crippen molar-refractivity contribution in [2.45, 2.75) is 19.6 Å². The number of hydrogen-bond donors (Lipinski definition) is 1. The van der Waals surface area contributed by atoms with Gasteiger partial charge >= 0.3 is 0 Å². The van der Waals surface area contributed by atoms with Crippen molar-refractivity contribution in [2.75, 3.05) is 20.3 Å². The van der Waals surface area contributed by atoms with Gasteiger partial charge in [-0.3, -0.25) is 0 Å². The Balaban J connectivity index is 1.54. The van der Waals surface area contributed by atoms with Crippen LogP contribution in [0.15, 0.2) is 54.6 Å². The van der Waals surface area contributed by atoms with Gasteiger partial charge in [-0.05, 0) is 36.2 Å². The monoisotopic (exact) mass is 285 g/mol. The van der Waals surface area contributed by atoms with Crippen LogP contribution >= 0.6 is 0 Å². The second kappa shape index (κ2) is 9.16. The van der Waals surface area contributed by atoms with Crippen molar-refractivity contribution in [1.29, 1.82) is 0 Å². The summed E-state index contributed by atoms with van der Waals surface area (Å²) in [5.41, 5.74) is 2.46. The highest BCUT2D eigenvalue weighted by Crippen LogP contribution is 2.13. The maximum Gasteiger partial charge on any atom is 0.119 e. The van der Waals surface area contributed by atoms with Crippen molar-refractivity contribution in [3.05, 3.63) is 65.7 Å². The molecule has 21 heavy (non-hydrogen) atoms. The molecule has 0 saturated carbocycles. The molecule has 3 nitrogen and oxygen atoms in total. The molecule has 2 aromatic rings. The fourth-order valence-electron chi connectivity index (χ4n) is 2.08. The fraction of sp³-hybridized carbons (Fsp3) is 0.333. The highest BCUT2D eigenvalue weighted by molar-refractivity contribution is 5.27. The van der Waals surface area contributed by atoms with Gasteiger partial charge in [0.05, 0.1) is 13.7 Å². The lowest BCUT2D eigenvalue weighted by Gasteiger charge is -2.07. The normalized spacial score (nSPS) is 10.5. The van der Waals surface area contributed by atoms with E-state index in [4.69, 9.17) is 9.47 Å². The molecule has 0 aromatic heterocycles. The number of benzene rings is 2. The standard InChI is InChI=1S/C18H23NO2/c1-20-18-10-5-9-17(13-18)15-21-12-6-11-19-14-16-7-3-2-4-8-16/h2-5,7-10,13,19H,6,11-12,14-15H2,1H3. The van der Waals surface area contributed by atoms with E-state index in [1.54, 1.807) is 7.11 Å². The summed E-state index contributed by atoms with van der Waals surface area (Å²) in [4.78, 5) is 0. The summed E-state index contributed by atoms with van der Waals surface area (Å²) in [6.07, 6.45) is 1.01. The molecule has 0 radical (unpaired) electrons. The number of ether oxygens (including phenoxy) is 2. The molecule has 0 fully saturated rings. The van der Waals surface area contributed by atoms with Crippen LogP contribution in [0.5, 0.6) is 5.75 Å². The Morgan fingerprint density at radius 1 is 0.952 bits per heavy atom. The minimum atomic E-state index is 0.635. The summed E-state index contributed by atoms with van der Waals surface area (Å²) in [5.74, 6) is 0.876. The van der Waals surface area contributed by atoms with Crippen LogP contribution in [0.3, 0.4) is 0 Å². The van der Waals surface area contributed by atoms with Crippen molar-refractivity contribution in [3.63, 3.8) is 0 Å². The molecular formula is C18H23NO2. The van der Waals surface area contributed by atoms with Crippen molar-refractivity contribution in [2.24, 2.45) is 0 Å². The van der Waals surface area contributed by atoms with Crippen molar-refractivity contribution < 1.29 is 9.47 Å². The molecule has 0 aliphatic heterocycles. The first-order valence-corrected chi connectivity index (χ1v) is 7.34. The van der Waals surface area contributed by atoms with Crippen LogP contribution in [0.25, 0.3) is 0 Å². The lowest BCUT2D eigenvalue weighted by atomic mass is 10.2. The molecule has 1 N–H and O–H groups in total. The Hall–Kier alpha value is -1.84. The summed E-state index contributed by atoms with van der Waals surface area (Å²) in [6.45, 7) is 3.28. The zero-order chi connectivity index (χ0) is 14.8. The molecule has 0 spiro atoms. The summed E-state index contributed by atoms with van der Waals surface area (Å²) < 4.78 is 10.9. The fourth-order valence-corrected chi connectivity index (χ4v) is 2.08. The summed E-state index contributed by atoms with van der Waals surface area (Å²) in [7, 11) is 1.68. The third kappa shape index (κ3) is 5.98. The summed E-state index contributed by atoms with van der Waals surface area (Å²) in [5, 5.41) is 3.42. The van der Waals surface area contributed by atoms with Gasteiger partial charge in [0.1, 0.15) is 5.75 Å². The Labute approximate surface area is 126 Å². The molecule has 112 valence electrons. The second-order valence-corrected chi connectivity index (χ2v) is 4.92. The Morgan fingerprint density at radius 3 is 2.57 bits per heavy atom. The van der Waals surface area contributed by atoms with Crippen molar-refractivity contribution in [1.82, 2.24) is 5.32 Å². The first-order valence-electron chi connectivity index (χ1n) is 7.34. The maximum absolute atomic E-state index is 5.68. The molecule has 0 amide bonds. The molecule has 0 saturated heterocycles. The zero-order valence-electron chi connectivity index (χ0n) is 12.5. The quantitative estimate of drug-likeness (QED) is 0.716. The van der Waals surface area contributed by atoms with Crippen LogP contribution in [0.4, 0.5) is 0 Å². The lowest BCUT2D eigenvalue weighted by molar-refractivity contribution is 0.118. The zero-order valence-corrected chi connectivity index (χ0v) is 12.5. The van der Waals surface area contributed by atoms with Crippen LogP contribution in [-0.2, 0) is 17.9 Å². The Morgan fingerprint density at radius 2 is 1.76 bits per heavy atom. The van der Waals surface area contributed by atoms with E-state index in [1.807, 2.05) is 24.3 Å². The summed E-state index contributed by atoms with van der Waals surface area (Å²) >= 11 is 0. The maximum atomic E-state index is 5.68.